The van der Waals surface area contributed by atoms with E-state index in [2.05, 4.69) is 16.5 Å². The van der Waals surface area contributed by atoms with Crippen molar-refractivity contribution in [3.8, 4) is 0 Å². The molecule has 0 amide bonds. The lowest BCUT2D eigenvalue weighted by molar-refractivity contribution is 0.133. The molecule has 0 bridgehead atoms. The molecule has 1 fully saturated rings. The van der Waals surface area contributed by atoms with E-state index in [0.717, 1.165) is 36.5 Å². The molecular weight excluding hydrogens is 310 g/mol. The van der Waals surface area contributed by atoms with Gasteiger partial charge < -0.3 is 0 Å². The van der Waals surface area contributed by atoms with Crippen molar-refractivity contribution in [2.24, 2.45) is 11.1 Å². The van der Waals surface area contributed by atoms with Crippen LogP contribution < -0.4 is 9.86 Å². The SMILES string of the molecule is C[C@@H](c1ccccc1Cl)N1CCC[C@@H](CNS(N)(=O)=O)C1. The van der Waals surface area contributed by atoms with Crippen LogP contribution in [0.1, 0.15) is 31.4 Å². The standard InChI is InChI=1S/C14H22ClN3O2S/c1-11(13-6-2-3-7-14(13)15)18-8-4-5-12(10-18)9-17-21(16,19)20/h2-3,6-7,11-12,17H,4-5,8-10H2,1H3,(H2,16,19,20)/t11-,12-/m0/s1. The molecule has 0 aliphatic carbocycles. The van der Waals surface area contributed by atoms with E-state index in [4.69, 9.17) is 16.7 Å². The summed E-state index contributed by atoms with van der Waals surface area (Å²) >= 11 is 6.26. The molecule has 3 N–H and O–H groups in total. The average Bonchev–Trinajstić information content (AvgIpc) is 2.44. The van der Waals surface area contributed by atoms with E-state index in [1.807, 2.05) is 24.3 Å². The van der Waals surface area contributed by atoms with Crippen LogP contribution in [0.15, 0.2) is 24.3 Å². The van der Waals surface area contributed by atoms with Gasteiger partial charge in [0.2, 0.25) is 0 Å². The number of piperidine rings is 1. The molecule has 1 aliphatic rings. The second-order valence-corrected chi connectivity index (χ2v) is 7.38. The van der Waals surface area contributed by atoms with Gasteiger partial charge in [-0.3, -0.25) is 4.90 Å². The summed E-state index contributed by atoms with van der Waals surface area (Å²) < 4.78 is 24.4. The molecule has 0 saturated carbocycles. The highest BCUT2D eigenvalue weighted by molar-refractivity contribution is 7.87. The summed E-state index contributed by atoms with van der Waals surface area (Å²) in [6.45, 7) is 4.37. The summed E-state index contributed by atoms with van der Waals surface area (Å²) in [5.41, 5.74) is 1.11. The number of nitrogens with zero attached hydrogens (tertiary/aromatic N) is 1. The van der Waals surface area contributed by atoms with Gasteiger partial charge in [0.25, 0.3) is 10.2 Å². The minimum Gasteiger partial charge on any atom is -0.296 e. The molecule has 2 atom stereocenters. The van der Waals surface area contributed by atoms with Crippen molar-refractivity contribution >= 4 is 21.8 Å². The monoisotopic (exact) mass is 331 g/mol. The number of nitrogens with one attached hydrogen (secondary N) is 1. The summed E-state index contributed by atoms with van der Waals surface area (Å²) in [5, 5.41) is 5.76. The highest BCUT2D eigenvalue weighted by atomic mass is 35.5. The lowest BCUT2D eigenvalue weighted by Gasteiger charge is -2.37. The fraction of sp³-hybridized carbons (Fsp3) is 0.571. The highest BCUT2D eigenvalue weighted by Gasteiger charge is 2.25. The smallest absolute Gasteiger partial charge is 0.274 e. The molecule has 0 radical (unpaired) electrons. The van der Waals surface area contributed by atoms with Gasteiger partial charge in [0, 0.05) is 24.2 Å². The van der Waals surface area contributed by atoms with Crippen molar-refractivity contribution in [2.75, 3.05) is 19.6 Å². The summed E-state index contributed by atoms with van der Waals surface area (Å²) in [5.74, 6) is 0.280. The van der Waals surface area contributed by atoms with Gasteiger partial charge in [0.1, 0.15) is 0 Å². The molecule has 118 valence electrons. The zero-order valence-electron chi connectivity index (χ0n) is 12.1. The van der Waals surface area contributed by atoms with Crippen molar-refractivity contribution < 1.29 is 8.42 Å². The van der Waals surface area contributed by atoms with Gasteiger partial charge in [0.15, 0.2) is 0 Å². The lowest BCUT2D eigenvalue weighted by atomic mass is 9.95. The van der Waals surface area contributed by atoms with E-state index in [0.29, 0.717) is 6.54 Å². The maximum Gasteiger partial charge on any atom is 0.274 e. The Labute approximate surface area is 131 Å². The second kappa shape index (κ2) is 7.07. The molecular formula is C14H22ClN3O2S. The van der Waals surface area contributed by atoms with E-state index in [-0.39, 0.29) is 12.0 Å². The lowest BCUT2D eigenvalue weighted by Crippen LogP contribution is -2.43. The number of nitrogens with two attached hydrogens (primary N) is 1. The fourth-order valence-electron chi connectivity index (χ4n) is 2.86. The van der Waals surface area contributed by atoms with E-state index < -0.39 is 10.2 Å². The Kier molecular flexibility index (Phi) is 5.62. The number of hydrogen-bond acceptors (Lipinski definition) is 3. The summed E-state index contributed by atoms with van der Waals surface area (Å²) in [7, 11) is -3.61. The van der Waals surface area contributed by atoms with Gasteiger partial charge in [-0.25, -0.2) is 9.86 Å². The van der Waals surface area contributed by atoms with Crippen molar-refractivity contribution in [1.29, 1.82) is 0 Å². The molecule has 5 nitrogen and oxygen atoms in total. The molecule has 7 heteroatoms. The number of likely N-dealkylation sites (tertiary alicyclic amines) is 1. The first kappa shape index (κ1) is 16.7. The summed E-state index contributed by atoms with van der Waals surface area (Å²) in [4.78, 5) is 2.35. The molecule has 0 unspecified atom stereocenters. The van der Waals surface area contributed by atoms with Crippen LogP contribution in [0.4, 0.5) is 0 Å². The van der Waals surface area contributed by atoms with E-state index in [1.54, 1.807) is 0 Å². The largest absolute Gasteiger partial charge is 0.296 e. The maximum absolute atomic E-state index is 11.0. The van der Waals surface area contributed by atoms with Crippen LogP contribution in [0.2, 0.25) is 5.02 Å². The van der Waals surface area contributed by atoms with Gasteiger partial charge in [-0.2, -0.15) is 8.42 Å². The van der Waals surface area contributed by atoms with Crippen molar-refractivity contribution in [3.63, 3.8) is 0 Å². The highest BCUT2D eigenvalue weighted by Crippen LogP contribution is 2.30. The number of halogens is 1. The van der Waals surface area contributed by atoms with Crippen LogP contribution in [0.5, 0.6) is 0 Å². The van der Waals surface area contributed by atoms with E-state index in [1.165, 1.54) is 0 Å². The Morgan fingerprint density at radius 3 is 2.86 bits per heavy atom. The third-order valence-electron chi connectivity index (χ3n) is 4.03. The van der Waals surface area contributed by atoms with Crippen LogP contribution in [-0.4, -0.2) is 33.0 Å². The van der Waals surface area contributed by atoms with E-state index in [9.17, 15) is 8.42 Å². The molecule has 1 aromatic rings. The van der Waals surface area contributed by atoms with Crippen LogP contribution in [0.3, 0.4) is 0 Å². The number of rotatable bonds is 5. The van der Waals surface area contributed by atoms with Gasteiger partial charge in [-0.05, 0) is 43.9 Å². The second-order valence-electron chi connectivity index (χ2n) is 5.59. The van der Waals surface area contributed by atoms with Crippen molar-refractivity contribution in [3.05, 3.63) is 34.9 Å². The van der Waals surface area contributed by atoms with Crippen molar-refractivity contribution in [2.45, 2.75) is 25.8 Å². The molecule has 1 heterocycles. The van der Waals surface area contributed by atoms with E-state index >= 15 is 0 Å². The first-order valence-corrected chi connectivity index (χ1v) is 9.05. The molecule has 0 aromatic heterocycles. The molecule has 1 aromatic carbocycles. The average molecular weight is 332 g/mol. The first-order chi connectivity index (χ1) is 9.87. The predicted molar refractivity (Wildman–Crippen MR) is 85.3 cm³/mol. The topological polar surface area (TPSA) is 75.4 Å². The predicted octanol–water partition coefficient (Wildman–Crippen LogP) is 1.91. The third kappa shape index (κ3) is 4.93. The summed E-state index contributed by atoms with van der Waals surface area (Å²) in [6, 6.07) is 8.07. The van der Waals surface area contributed by atoms with Crippen LogP contribution >= 0.6 is 11.6 Å². The van der Waals surface area contributed by atoms with Crippen LogP contribution in [0, 0.1) is 5.92 Å². The zero-order valence-corrected chi connectivity index (χ0v) is 13.7. The molecule has 0 spiro atoms. The molecule has 1 saturated heterocycles. The number of benzene rings is 1. The Balaban J connectivity index is 1.99. The maximum atomic E-state index is 11.0. The van der Waals surface area contributed by atoms with Gasteiger partial charge in [-0.1, -0.05) is 29.8 Å². The molecule has 21 heavy (non-hydrogen) atoms. The minimum atomic E-state index is -3.61. The minimum absolute atomic E-state index is 0.219. The third-order valence-corrected chi connectivity index (χ3v) is 4.94. The van der Waals surface area contributed by atoms with Gasteiger partial charge >= 0.3 is 0 Å². The summed E-state index contributed by atoms with van der Waals surface area (Å²) in [6.07, 6.45) is 2.06. The van der Waals surface area contributed by atoms with Gasteiger partial charge in [0.05, 0.1) is 0 Å². The fourth-order valence-corrected chi connectivity index (χ4v) is 3.62. The van der Waals surface area contributed by atoms with Crippen LogP contribution in [0.25, 0.3) is 0 Å². The first-order valence-electron chi connectivity index (χ1n) is 7.12. The quantitative estimate of drug-likeness (QED) is 0.865. The van der Waals surface area contributed by atoms with Crippen LogP contribution in [-0.2, 0) is 10.2 Å². The Morgan fingerprint density at radius 1 is 1.48 bits per heavy atom. The normalized spacial score (nSPS) is 22.1. The Morgan fingerprint density at radius 2 is 2.19 bits per heavy atom. The molecule has 2 rings (SSSR count). The Hall–Kier alpha value is -0.660. The van der Waals surface area contributed by atoms with Crippen molar-refractivity contribution in [1.82, 2.24) is 9.62 Å². The zero-order chi connectivity index (χ0) is 15.5. The molecule has 1 aliphatic heterocycles. The number of hydrogen-bond donors (Lipinski definition) is 2. The van der Waals surface area contributed by atoms with Gasteiger partial charge in [-0.15, -0.1) is 0 Å². The Bertz CT molecular complexity index is 579.